The summed E-state index contributed by atoms with van der Waals surface area (Å²) in [5.41, 5.74) is 0.500. The molecule has 60 valence electrons. The van der Waals surface area contributed by atoms with E-state index in [1.165, 1.54) is 25.0 Å². The lowest BCUT2D eigenvalue weighted by Crippen LogP contribution is -2.02. The molecule has 0 saturated carbocycles. The van der Waals surface area contributed by atoms with Crippen LogP contribution in [0.5, 0.6) is 0 Å². The molecule has 0 aromatic rings. The van der Waals surface area contributed by atoms with Crippen molar-refractivity contribution in [3.8, 4) is 0 Å². The molecular weight excluding hydrogens is 144 g/mol. The highest BCUT2D eigenvalue weighted by molar-refractivity contribution is 8.14. The van der Waals surface area contributed by atoms with Crippen molar-refractivity contribution in [3.05, 3.63) is 0 Å². The largest absolute Gasteiger partial charge is 0.368 e. The molecule has 0 aromatic carbocycles. The Morgan fingerprint density at radius 3 is 3.00 bits per heavy atom. The second-order valence-electron chi connectivity index (χ2n) is 2.68. The van der Waals surface area contributed by atoms with E-state index in [0.29, 0.717) is 5.44 Å². The number of hydrogen-bond acceptors (Lipinski definition) is 1. The third-order valence-electron chi connectivity index (χ3n) is 1.73. The van der Waals surface area contributed by atoms with E-state index in [1.807, 2.05) is 0 Å². The zero-order chi connectivity index (χ0) is 7.40. The van der Waals surface area contributed by atoms with Crippen LogP contribution in [0.15, 0.2) is 0 Å². The molecular formula is C8H16OS. The van der Waals surface area contributed by atoms with Gasteiger partial charge in [0.25, 0.3) is 0 Å². The first-order valence-corrected chi connectivity index (χ1v) is 5.58. The molecule has 1 saturated heterocycles. The van der Waals surface area contributed by atoms with Gasteiger partial charge in [-0.25, -0.2) is 0 Å². The van der Waals surface area contributed by atoms with Gasteiger partial charge in [-0.15, -0.1) is 0 Å². The average Bonchev–Trinajstić information content (AvgIpc) is 2.38. The van der Waals surface area contributed by atoms with Gasteiger partial charge in [-0.05, 0) is 25.0 Å². The molecule has 1 heterocycles. The molecule has 0 bridgehead atoms. The van der Waals surface area contributed by atoms with Gasteiger partial charge < -0.3 is 4.74 Å². The fourth-order valence-electron chi connectivity index (χ4n) is 1.20. The van der Waals surface area contributed by atoms with Crippen LogP contribution < -0.4 is 0 Å². The molecule has 2 heteroatoms. The molecule has 0 amide bonds. The van der Waals surface area contributed by atoms with E-state index in [4.69, 9.17) is 4.74 Å². The summed E-state index contributed by atoms with van der Waals surface area (Å²) in [6, 6.07) is 0. The average molecular weight is 160 g/mol. The molecule has 0 aliphatic carbocycles. The molecule has 0 N–H and O–H groups in total. The lowest BCUT2D eigenvalue weighted by molar-refractivity contribution is 0.173. The van der Waals surface area contributed by atoms with Crippen LogP contribution in [0.2, 0.25) is 0 Å². The minimum Gasteiger partial charge on any atom is -0.368 e. The monoisotopic (exact) mass is 160 g/mol. The first kappa shape index (κ1) is 8.28. The number of rotatable bonds is 3. The second-order valence-corrected chi connectivity index (χ2v) is 4.69. The van der Waals surface area contributed by atoms with Crippen molar-refractivity contribution in [1.29, 1.82) is 0 Å². The Labute approximate surface area is 65.7 Å². The maximum Gasteiger partial charge on any atom is 0.0976 e. The van der Waals surface area contributed by atoms with Crippen molar-refractivity contribution in [1.82, 2.24) is 0 Å². The molecule has 1 aliphatic rings. The Kier molecular flexibility index (Phi) is 3.43. The highest BCUT2D eigenvalue weighted by Gasteiger charge is 2.16. The van der Waals surface area contributed by atoms with Crippen LogP contribution in [0, 0.1) is 0 Å². The molecule has 0 spiro atoms. The Morgan fingerprint density at radius 1 is 1.70 bits per heavy atom. The van der Waals surface area contributed by atoms with Gasteiger partial charge in [-0.3, -0.25) is 0 Å². The Morgan fingerprint density at radius 2 is 2.50 bits per heavy atom. The highest BCUT2D eigenvalue weighted by atomic mass is 32.2. The van der Waals surface area contributed by atoms with E-state index < -0.39 is 0 Å². The lowest BCUT2D eigenvalue weighted by atomic mass is 10.4. The predicted octanol–water partition coefficient (Wildman–Crippen LogP) is 2.23. The second kappa shape index (κ2) is 4.14. The maximum atomic E-state index is 5.52. The third-order valence-corrected chi connectivity index (χ3v) is 3.77. The SMILES string of the molecule is C=S(CCC)C1CCCO1. The lowest BCUT2D eigenvalue weighted by Gasteiger charge is -2.12. The van der Waals surface area contributed by atoms with Crippen molar-refractivity contribution in [2.45, 2.75) is 31.6 Å². The minimum absolute atomic E-state index is 0.282. The quantitative estimate of drug-likeness (QED) is 0.575. The van der Waals surface area contributed by atoms with Gasteiger partial charge in [0.1, 0.15) is 0 Å². The van der Waals surface area contributed by atoms with Crippen molar-refractivity contribution < 1.29 is 4.74 Å². The molecule has 2 unspecified atom stereocenters. The normalized spacial score (nSPS) is 28.7. The Bertz CT molecular complexity index is 116. The van der Waals surface area contributed by atoms with Gasteiger partial charge in [0.15, 0.2) is 0 Å². The van der Waals surface area contributed by atoms with Crippen molar-refractivity contribution >= 4 is 16.4 Å². The zero-order valence-electron chi connectivity index (χ0n) is 6.64. The van der Waals surface area contributed by atoms with E-state index >= 15 is 0 Å². The topological polar surface area (TPSA) is 9.23 Å². The molecule has 1 nitrogen and oxygen atoms in total. The standard InChI is InChI=1S/C8H16OS/c1-3-7-10(2)8-5-4-6-9-8/h8H,2-7H2,1H3. The molecule has 1 aliphatic heterocycles. The van der Waals surface area contributed by atoms with Crippen LogP contribution in [0.4, 0.5) is 0 Å². The van der Waals surface area contributed by atoms with E-state index in [-0.39, 0.29) is 10.5 Å². The molecule has 0 aromatic heterocycles. The highest BCUT2D eigenvalue weighted by Crippen LogP contribution is 2.28. The summed E-state index contributed by atoms with van der Waals surface area (Å²) in [7, 11) is 0.282. The predicted molar refractivity (Wildman–Crippen MR) is 48.8 cm³/mol. The van der Waals surface area contributed by atoms with Crippen molar-refractivity contribution in [3.63, 3.8) is 0 Å². The van der Waals surface area contributed by atoms with Crippen LogP contribution >= 0.6 is 10.5 Å². The molecule has 10 heavy (non-hydrogen) atoms. The smallest absolute Gasteiger partial charge is 0.0976 e. The zero-order valence-corrected chi connectivity index (χ0v) is 7.45. The molecule has 2 atom stereocenters. The van der Waals surface area contributed by atoms with Gasteiger partial charge in [-0.1, -0.05) is 12.8 Å². The number of ether oxygens (including phenoxy) is 1. The summed E-state index contributed by atoms with van der Waals surface area (Å²) >= 11 is 0. The van der Waals surface area contributed by atoms with Crippen LogP contribution in [0.1, 0.15) is 26.2 Å². The van der Waals surface area contributed by atoms with Gasteiger partial charge in [0, 0.05) is 6.61 Å². The van der Waals surface area contributed by atoms with Crippen LogP contribution in [0.25, 0.3) is 0 Å². The molecule has 1 rings (SSSR count). The van der Waals surface area contributed by atoms with Crippen molar-refractivity contribution in [2.75, 3.05) is 12.4 Å². The van der Waals surface area contributed by atoms with E-state index in [0.717, 1.165) is 6.61 Å². The fraction of sp³-hybridized carbons (Fsp3) is 0.875. The summed E-state index contributed by atoms with van der Waals surface area (Å²) in [4.78, 5) is 0. The van der Waals surface area contributed by atoms with Gasteiger partial charge >= 0.3 is 0 Å². The molecule has 1 fully saturated rings. The summed E-state index contributed by atoms with van der Waals surface area (Å²) in [5.74, 6) is 5.35. The van der Waals surface area contributed by atoms with Gasteiger partial charge in [-0.2, -0.15) is 10.5 Å². The molecule has 0 radical (unpaired) electrons. The first-order chi connectivity index (χ1) is 4.84. The van der Waals surface area contributed by atoms with Gasteiger partial charge in [0.05, 0.1) is 5.44 Å². The minimum atomic E-state index is 0.282. The summed E-state index contributed by atoms with van der Waals surface area (Å²) in [6.45, 7) is 3.17. The Balaban J connectivity index is 2.25. The first-order valence-electron chi connectivity index (χ1n) is 3.95. The van der Waals surface area contributed by atoms with E-state index in [9.17, 15) is 0 Å². The van der Waals surface area contributed by atoms with E-state index in [1.54, 1.807) is 0 Å². The maximum absolute atomic E-state index is 5.52. The van der Waals surface area contributed by atoms with E-state index in [2.05, 4.69) is 12.8 Å². The summed E-state index contributed by atoms with van der Waals surface area (Å²) in [6.07, 6.45) is 3.73. The third kappa shape index (κ3) is 2.10. The summed E-state index contributed by atoms with van der Waals surface area (Å²) in [5, 5.41) is 0. The van der Waals surface area contributed by atoms with Crippen LogP contribution in [-0.4, -0.2) is 23.7 Å². The van der Waals surface area contributed by atoms with Crippen molar-refractivity contribution in [2.24, 2.45) is 0 Å². The van der Waals surface area contributed by atoms with Crippen LogP contribution in [-0.2, 0) is 4.74 Å². The van der Waals surface area contributed by atoms with Gasteiger partial charge in [0.2, 0.25) is 0 Å². The Hall–Kier alpha value is 0.180. The fourth-order valence-corrected chi connectivity index (χ4v) is 2.78. The van der Waals surface area contributed by atoms with Crippen LogP contribution in [0.3, 0.4) is 0 Å². The summed E-state index contributed by atoms with van der Waals surface area (Å²) < 4.78 is 5.52. The number of hydrogen-bond donors (Lipinski definition) is 0.